The van der Waals surface area contributed by atoms with E-state index in [0.29, 0.717) is 36.2 Å². The Morgan fingerprint density at radius 2 is 1.88 bits per heavy atom. The molecule has 3 rings (SSSR count). The first-order chi connectivity index (χ1) is 11.8. The standard InChI is InChI=1S/C18H17NO5/c1-2-21-15-9-8-14(22-10-13-6-4-3-5-7-13)17-18(15)24-16(11-23-17)19-12-20/h3-9,16H,2,10-11H2,1H3. The van der Waals surface area contributed by atoms with Crippen LogP contribution in [0.2, 0.25) is 0 Å². The van der Waals surface area contributed by atoms with E-state index in [1.807, 2.05) is 37.3 Å². The van der Waals surface area contributed by atoms with Gasteiger partial charge in [0.05, 0.1) is 6.61 Å². The Morgan fingerprint density at radius 1 is 1.12 bits per heavy atom. The minimum absolute atomic E-state index is 0.111. The predicted octanol–water partition coefficient (Wildman–Crippen LogP) is 3.10. The Kier molecular flexibility index (Phi) is 4.99. The van der Waals surface area contributed by atoms with E-state index in [-0.39, 0.29) is 6.61 Å². The molecule has 0 bridgehead atoms. The molecule has 0 spiro atoms. The number of carbonyl (C=O) groups excluding carboxylic acids is 1. The van der Waals surface area contributed by atoms with Gasteiger partial charge in [-0.2, -0.15) is 4.99 Å². The van der Waals surface area contributed by atoms with Crippen molar-refractivity contribution < 1.29 is 23.7 Å². The molecule has 0 amide bonds. The van der Waals surface area contributed by atoms with Crippen LogP contribution in [0.15, 0.2) is 47.5 Å². The topological polar surface area (TPSA) is 66.3 Å². The summed E-state index contributed by atoms with van der Waals surface area (Å²) in [7, 11) is 0. The molecule has 6 nitrogen and oxygen atoms in total. The molecule has 0 aliphatic carbocycles. The second kappa shape index (κ2) is 7.53. The highest BCUT2D eigenvalue weighted by atomic mass is 16.6. The fourth-order valence-corrected chi connectivity index (χ4v) is 2.34. The van der Waals surface area contributed by atoms with E-state index in [1.54, 1.807) is 12.1 Å². The summed E-state index contributed by atoms with van der Waals surface area (Å²) in [5.74, 6) is 1.91. The molecular formula is C18H17NO5. The molecule has 24 heavy (non-hydrogen) atoms. The Morgan fingerprint density at radius 3 is 2.58 bits per heavy atom. The smallest absolute Gasteiger partial charge is 0.238 e. The monoisotopic (exact) mass is 327 g/mol. The molecule has 6 heteroatoms. The summed E-state index contributed by atoms with van der Waals surface area (Å²) in [5.41, 5.74) is 1.04. The van der Waals surface area contributed by atoms with Crippen LogP contribution in [-0.4, -0.2) is 25.5 Å². The van der Waals surface area contributed by atoms with Crippen molar-refractivity contribution in [3.63, 3.8) is 0 Å². The van der Waals surface area contributed by atoms with Gasteiger partial charge in [0.15, 0.2) is 11.5 Å². The Labute approximate surface area is 139 Å². The molecule has 0 saturated carbocycles. The van der Waals surface area contributed by atoms with Gasteiger partial charge < -0.3 is 18.9 Å². The maximum absolute atomic E-state index is 10.4. The van der Waals surface area contributed by atoms with E-state index in [1.165, 1.54) is 6.08 Å². The Balaban J connectivity index is 1.85. The van der Waals surface area contributed by atoms with E-state index in [2.05, 4.69) is 4.99 Å². The number of benzene rings is 2. The summed E-state index contributed by atoms with van der Waals surface area (Å²) in [6.07, 6.45) is 0.741. The number of isocyanates is 1. The summed E-state index contributed by atoms with van der Waals surface area (Å²) in [4.78, 5) is 14.0. The summed E-state index contributed by atoms with van der Waals surface area (Å²) >= 11 is 0. The third-order valence-electron chi connectivity index (χ3n) is 3.40. The lowest BCUT2D eigenvalue weighted by atomic mass is 10.2. The van der Waals surface area contributed by atoms with Gasteiger partial charge in [-0.05, 0) is 24.6 Å². The molecule has 1 unspecified atom stereocenters. The summed E-state index contributed by atoms with van der Waals surface area (Å²) in [6, 6.07) is 13.3. The number of ether oxygens (including phenoxy) is 4. The summed E-state index contributed by atoms with van der Waals surface area (Å²) in [6.45, 7) is 2.86. The van der Waals surface area contributed by atoms with Crippen LogP contribution in [0.4, 0.5) is 0 Å². The van der Waals surface area contributed by atoms with Crippen molar-refractivity contribution in [3.8, 4) is 23.0 Å². The highest BCUT2D eigenvalue weighted by molar-refractivity contribution is 5.60. The number of nitrogens with zero attached hydrogens (tertiary/aromatic N) is 1. The maximum atomic E-state index is 10.4. The Bertz CT molecular complexity index is 741. The van der Waals surface area contributed by atoms with Crippen molar-refractivity contribution in [2.24, 2.45) is 4.99 Å². The fraction of sp³-hybridized carbons (Fsp3) is 0.278. The average molecular weight is 327 g/mol. The van der Waals surface area contributed by atoms with Gasteiger partial charge in [-0.1, -0.05) is 30.3 Å². The zero-order valence-corrected chi connectivity index (χ0v) is 13.2. The van der Waals surface area contributed by atoms with Crippen LogP contribution in [0.25, 0.3) is 0 Å². The fourth-order valence-electron chi connectivity index (χ4n) is 2.34. The zero-order chi connectivity index (χ0) is 16.8. The zero-order valence-electron chi connectivity index (χ0n) is 13.2. The molecule has 0 radical (unpaired) electrons. The normalized spacial score (nSPS) is 15.3. The number of rotatable bonds is 6. The van der Waals surface area contributed by atoms with Crippen molar-refractivity contribution in [2.75, 3.05) is 13.2 Å². The van der Waals surface area contributed by atoms with Gasteiger partial charge >= 0.3 is 0 Å². The molecule has 1 aliphatic heterocycles. The van der Waals surface area contributed by atoms with Crippen molar-refractivity contribution in [2.45, 2.75) is 19.8 Å². The molecule has 1 atom stereocenters. The van der Waals surface area contributed by atoms with E-state index in [9.17, 15) is 4.79 Å². The average Bonchev–Trinajstić information content (AvgIpc) is 2.62. The Hall–Kier alpha value is -2.98. The first-order valence-electron chi connectivity index (χ1n) is 7.64. The minimum atomic E-state index is -0.737. The van der Waals surface area contributed by atoms with Gasteiger partial charge in [-0.25, -0.2) is 4.79 Å². The maximum Gasteiger partial charge on any atom is 0.238 e. The second-order valence-corrected chi connectivity index (χ2v) is 5.03. The number of aliphatic imine (C=N–C) groups is 1. The van der Waals surface area contributed by atoms with Crippen molar-refractivity contribution in [1.82, 2.24) is 0 Å². The molecule has 1 aliphatic rings. The van der Waals surface area contributed by atoms with Gasteiger partial charge in [0.2, 0.25) is 23.8 Å². The first-order valence-corrected chi connectivity index (χ1v) is 7.64. The lowest BCUT2D eigenvalue weighted by molar-refractivity contribution is 0.0872. The minimum Gasteiger partial charge on any atom is -0.490 e. The molecular weight excluding hydrogens is 310 g/mol. The van der Waals surface area contributed by atoms with Crippen molar-refractivity contribution >= 4 is 6.08 Å². The van der Waals surface area contributed by atoms with E-state index >= 15 is 0 Å². The molecule has 2 aromatic carbocycles. The van der Waals surface area contributed by atoms with Crippen LogP contribution in [0.3, 0.4) is 0 Å². The molecule has 2 aromatic rings. The molecule has 1 heterocycles. The predicted molar refractivity (Wildman–Crippen MR) is 86.4 cm³/mol. The van der Waals surface area contributed by atoms with E-state index < -0.39 is 6.23 Å². The molecule has 0 aromatic heterocycles. The highest BCUT2D eigenvalue weighted by Crippen LogP contribution is 2.47. The number of fused-ring (bicyclic) bond motifs is 1. The number of hydrogen-bond donors (Lipinski definition) is 0. The van der Waals surface area contributed by atoms with Gasteiger partial charge in [0.25, 0.3) is 0 Å². The SMILES string of the molecule is CCOc1ccc(OCc2ccccc2)c2c1OC(N=C=O)CO2. The van der Waals surface area contributed by atoms with Crippen LogP contribution in [0.5, 0.6) is 23.0 Å². The third-order valence-corrected chi connectivity index (χ3v) is 3.40. The van der Waals surface area contributed by atoms with Crippen LogP contribution >= 0.6 is 0 Å². The van der Waals surface area contributed by atoms with Crippen LogP contribution < -0.4 is 18.9 Å². The summed E-state index contributed by atoms with van der Waals surface area (Å²) in [5, 5.41) is 0. The lowest BCUT2D eigenvalue weighted by Crippen LogP contribution is -2.27. The van der Waals surface area contributed by atoms with Gasteiger partial charge in [-0.3, -0.25) is 0 Å². The van der Waals surface area contributed by atoms with Crippen LogP contribution in [0.1, 0.15) is 12.5 Å². The summed E-state index contributed by atoms with van der Waals surface area (Å²) < 4.78 is 22.8. The number of hydrogen-bond acceptors (Lipinski definition) is 6. The largest absolute Gasteiger partial charge is 0.490 e. The molecule has 0 saturated heterocycles. The first kappa shape index (κ1) is 15.9. The van der Waals surface area contributed by atoms with Crippen molar-refractivity contribution in [1.29, 1.82) is 0 Å². The third kappa shape index (κ3) is 3.50. The van der Waals surface area contributed by atoms with Gasteiger partial charge in [0, 0.05) is 0 Å². The highest BCUT2D eigenvalue weighted by Gasteiger charge is 2.27. The van der Waals surface area contributed by atoms with Gasteiger partial charge in [-0.15, -0.1) is 0 Å². The quantitative estimate of drug-likeness (QED) is 0.602. The van der Waals surface area contributed by atoms with Crippen LogP contribution in [-0.2, 0) is 11.4 Å². The van der Waals surface area contributed by atoms with E-state index in [4.69, 9.17) is 18.9 Å². The molecule has 0 fully saturated rings. The van der Waals surface area contributed by atoms with Crippen LogP contribution in [0, 0.1) is 0 Å². The second-order valence-electron chi connectivity index (χ2n) is 5.03. The lowest BCUT2D eigenvalue weighted by Gasteiger charge is -2.26. The van der Waals surface area contributed by atoms with Crippen molar-refractivity contribution in [3.05, 3.63) is 48.0 Å². The molecule has 124 valence electrons. The van der Waals surface area contributed by atoms with Gasteiger partial charge in [0.1, 0.15) is 13.2 Å². The molecule has 0 N–H and O–H groups in total. The van der Waals surface area contributed by atoms with E-state index in [0.717, 1.165) is 5.56 Å².